The van der Waals surface area contributed by atoms with Gasteiger partial charge in [-0.2, -0.15) is 0 Å². The van der Waals surface area contributed by atoms with Gasteiger partial charge in [0.15, 0.2) is 0 Å². The Morgan fingerprint density at radius 3 is 2.82 bits per heavy atom. The minimum atomic E-state index is 0.540. The second-order valence-corrected chi connectivity index (χ2v) is 6.11. The quantitative estimate of drug-likeness (QED) is 0.575. The van der Waals surface area contributed by atoms with E-state index >= 15 is 0 Å². The van der Waals surface area contributed by atoms with E-state index in [0.717, 1.165) is 28.8 Å². The molecule has 1 N–H and O–H groups in total. The number of rotatable bonds is 7. The molecule has 1 aromatic heterocycles. The molecule has 2 aromatic rings. The maximum atomic E-state index is 6.13. The molecule has 22 heavy (non-hydrogen) atoms. The maximum Gasteiger partial charge on any atom is 0.148 e. The molecule has 0 aliphatic carbocycles. The zero-order valence-corrected chi connectivity index (χ0v) is 15.0. The molecule has 6 heteroatoms. The highest BCUT2D eigenvalue weighted by molar-refractivity contribution is 9.09. The molecule has 0 aliphatic heterocycles. The summed E-state index contributed by atoms with van der Waals surface area (Å²) in [6.45, 7) is 5.07. The third-order valence-electron chi connectivity index (χ3n) is 3.24. The average Bonchev–Trinajstić information content (AvgIpc) is 2.50. The van der Waals surface area contributed by atoms with Crippen molar-refractivity contribution in [2.45, 2.75) is 20.3 Å². The van der Waals surface area contributed by atoms with Crippen molar-refractivity contribution in [1.29, 1.82) is 0 Å². The summed E-state index contributed by atoms with van der Waals surface area (Å²) in [5, 5.41) is 4.68. The van der Waals surface area contributed by atoms with E-state index in [1.54, 1.807) is 0 Å². The molecule has 2 rings (SSSR count). The third kappa shape index (κ3) is 4.58. The Morgan fingerprint density at radius 1 is 1.27 bits per heavy atom. The number of hydrogen-bond donors (Lipinski definition) is 1. The molecular weight excluding hydrogens is 366 g/mol. The van der Waals surface area contributed by atoms with E-state index in [2.05, 4.69) is 50.3 Å². The number of hydrogen-bond acceptors (Lipinski definition) is 4. The summed E-state index contributed by atoms with van der Waals surface area (Å²) in [7, 11) is 0. The summed E-state index contributed by atoms with van der Waals surface area (Å²) >= 11 is 9.58. The van der Waals surface area contributed by atoms with E-state index in [9.17, 15) is 0 Å². The largest absolute Gasteiger partial charge is 0.491 e. The monoisotopic (exact) mass is 383 g/mol. The minimum Gasteiger partial charge on any atom is -0.491 e. The lowest BCUT2D eigenvalue weighted by molar-refractivity contribution is 0.330. The van der Waals surface area contributed by atoms with Crippen LogP contribution in [0.4, 0.5) is 5.82 Å². The summed E-state index contributed by atoms with van der Waals surface area (Å²) in [5.41, 5.74) is 3.22. The van der Waals surface area contributed by atoms with Crippen LogP contribution in [0.3, 0.4) is 0 Å². The summed E-state index contributed by atoms with van der Waals surface area (Å²) in [6.07, 6.45) is 2.52. The van der Waals surface area contributed by atoms with Crippen molar-refractivity contribution >= 4 is 33.3 Å². The zero-order chi connectivity index (χ0) is 15.9. The number of benzene rings is 1. The molecule has 0 spiro atoms. The number of nitrogens with one attached hydrogen (secondary N) is 1. The molecular formula is C16H19BrClN3O. The number of aryl methyl sites for hydroxylation is 3. The van der Waals surface area contributed by atoms with Crippen LogP contribution in [0.15, 0.2) is 24.5 Å². The Morgan fingerprint density at radius 2 is 2.09 bits per heavy atom. The maximum absolute atomic E-state index is 6.13. The first kappa shape index (κ1) is 17.0. The van der Waals surface area contributed by atoms with Crippen molar-refractivity contribution in [3.05, 3.63) is 46.4 Å². The summed E-state index contributed by atoms with van der Waals surface area (Å²) in [5.74, 6) is 1.55. The van der Waals surface area contributed by atoms with Crippen LogP contribution in [0.5, 0.6) is 5.75 Å². The van der Waals surface area contributed by atoms with Gasteiger partial charge in [-0.1, -0.05) is 39.7 Å². The Kier molecular flexibility index (Phi) is 6.46. The molecule has 0 saturated heterocycles. The first-order chi connectivity index (χ1) is 10.6. The van der Waals surface area contributed by atoms with Crippen LogP contribution in [0.1, 0.15) is 16.8 Å². The van der Waals surface area contributed by atoms with E-state index < -0.39 is 0 Å². The Balaban J connectivity index is 1.85. The molecule has 1 heterocycles. The smallest absolute Gasteiger partial charge is 0.148 e. The van der Waals surface area contributed by atoms with Gasteiger partial charge in [-0.15, -0.1) is 0 Å². The van der Waals surface area contributed by atoms with Crippen molar-refractivity contribution in [3.8, 4) is 5.75 Å². The highest BCUT2D eigenvalue weighted by Crippen LogP contribution is 2.21. The molecule has 0 radical (unpaired) electrons. The average molecular weight is 385 g/mol. The molecule has 0 fully saturated rings. The Hall–Kier alpha value is -1.33. The molecule has 0 bridgehead atoms. The highest BCUT2D eigenvalue weighted by Gasteiger charge is 2.05. The number of alkyl halides is 1. The predicted octanol–water partition coefficient (Wildman–Crippen LogP) is 4.18. The highest BCUT2D eigenvalue weighted by atomic mass is 79.9. The first-order valence-electron chi connectivity index (χ1n) is 7.11. The second kappa shape index (κ2) is 8.34. The van der Waals surface area contributed by atoms with Crippen molar-refractivity contribution in [3.63, 3.8) is 0 Å². The van der Waals surface area contributed by atoms with E-state index in [0.29, 0.717) is 24.0 Å². The van der Waals surface area contributed by atoms with Crippen LogP contribution >= 0.6 is 27.5 Å². The van der Waals surface area contributed by atoms with E-state index in [4.69, 9.17) is 16.3 Å². The van der Waals surface area contributed by atoms with Crippen LogP contribution in [0.2, 0.25) is 5.02 Å². The first-order valence-corrected chi connectivity index (χ1v) is 8.61. The second-order valence-electron chi connectivity index (χ2n) is 4.94. The van der Waals surface area contributed by atoms with Crippen LogP contribution < -0.4 is 10.1 Å². The normalized spacial score (nSPS) is 10.5. The fourth-order valence-corrected chi connectivity index (χ4v) is 2.67. The van der Waals surface area contributed by atoms with Gasteiger partial charge in [0, 0.05) is 5.33 Å². The molecule has 0 amide bonds. The SMILES string of the molecule is Cc1cc(CCBr)ccc1OCCNc1ncnc(C)c1Cl. The van der Waals surface area contributed by atoms with Crippen LogP contribution in [-0.4, -0.2) is 28.4 Å². The van der Waals surface area contributed by atoms with Gasteiger partial charge >= 0.3 is 0 Å². The van der Waals surface area contributed by atoms with Crippen LogP contribution in [0, 0.1) is 13.8 Å². The number of halogens is 2. The van der Waals surface area contributed by atoms with Gasteiger partial charge in [-0.05, 0) is 37.5 Å². The molecule has 4 nitrogen and oxygen atoms in total. The predicted molar refractivity (Wildman–Crippen MR) is 94.4 cm³/mol. The van der Waals surface area contributed by atoms with Crippen molar-refractivity contribution in [2.24, 2.45) is 0 Å². The third-order valence-corrected chi connectivity index (χ3v) is 4.09. The zero-order valence-electron chi connectivity index (χ0n) is 12.7. The Labute approximate surface area is 144 Å². The van der Waals surface area contributed by atoms with Crippen molar-refractivity contribution in [1.82, 2.24) is 9.97 Å². The number of aromatic nitrogens is 2. The van der Waals surface area contributed by atoms with Gasteiger partial charge in [-0.3, -0.25) is 0 Å². The summed E-state index contributed by atoms with van der Waals surface area (Å²) < 4.78 is 5.80. The van der Waals surface area contributed by atoms with Crippen molar-refractivity contribution in [2.75, 3.05) is 23.8 Å². The fourth-order valence-electron chi connectivity index (χ4n) is 2.05. The van der Waals surface area contributed by atoms with Crippen LogP contribution in [0.25, 0.3) is 0 Å². The van der Waals surface area contributed by atoms with Gasteiger partial charge < -0.3 is 10.1 Å². The van der Waals surface area contributed by atoms with Crippen molar-refractivity contribution < 1.29 is 4.74 Å². The molecule has 118 valence electrons. The molecule has 1 aromatic carbocycles. The lowest BCUT2D eigenvalue weighted by Crippen LogP contribution is -2.13. The standard InChI is InChI=1S/C16H19BrClN3O/c1-11-9-13(5-6-17)3-4-14(11)22-8-7-19-16-15(18)12(2)20-10-21-16/h3-4,9-10H,5-8H2,1-2H3,(H,19,20,21). The van der Waals surface area contributed by atoms with Crippen LogP contribution in [-0.2, 0) is 6.42 Å². The van der Waals surface area contributed by atoms with Gasteiger partial charge in [0.25, 0.3) is 0 Å². The molecule has 0 atom stereocenters. The summed E-state index contributed by atoms with van der Waals surface area (Å²) in [4.78, 5) is 8.15. The molecule has 0 saturated carbocycles. The lowest BCUT2D eigenvalue weighted by Gasteiger charge is -2.12. The molecule has 0 aliphatic rings. The van der Waals surface area contributed by atoms with Gasteiger partial charge in [0.05, 0.1) is 12.2 Å². The van der Waals surface area contributed by atoms with Gasteiger partial charge in [0.2, 0.25) is 0 Å². The Bertz CT molecular complexity index is 637. The topological polar surface area (TPSA) is 47.0 Å². The lowest BCUT2D eigenvalue weighted by atomic mass is 10.1. The van der Waals surface area contributed by atoms with E-state index in [-0.39, 0.29) is 0 Å². The number of ether oxygens (including phenoxy) is 1. The number of anilines is 1. The van der Waals surface area contributed by atoms with Gasteiger partial charge in [0.1, 0.15) is 29.5 Å². The summed E-state index contributed by atoms with van der Waals surface area (Å²) in [6, 6.07) is 6.28. The van der Waals surface area contributed by atoms with Gasteiger partial charge in [-0.25, -0.2) is 9.97 Å². The fraction of sp³-hybridized carbons (Fsp3) is 0.375. The van der Waals surface area contributed by atoms with E-state index in [1.165, 1.54) is 11.9 Å². The minimum absolute atomic E-state index is 0.540. The molecule has 0 unspecified atom stereocenters. The van der Waals surface area contributed by atoms with E-state index in [1.807, 2.05) is 13.0 Å². The number of nitrogens with zero attached hydrogens (tertiary/aromatic N) is 2.